The van der Waals surface area contributed by atoms with E-state index in [0.29, 0.717) is 5.75 Å². The molecule has 3 heterocycles. The maximum Gasteiger partial charge on any atom is 0.231 e. The summed E-state index contributed by atoms with van der Waals surface area (Å²) in [6.45, 7) is 4.15. The van der Waals surface area contributed by atoms with Crippen LogP contribution in [-0.4, -0.2) is 37.3 Å². The lowest BCUT2D eigenvalue weighted by atomic mass is 9.90. The smallest absolute Gasteiger partial charge is 0.231 e. The molecule has 2 aromatic carbocycles. The Morgan fingerprint density at radius 2 is 1.87 bits per heavy atom. The molecule has 6 rings (SSSR count). The average molecular weight is 406 g/mol. The molecule has 0 bridgehead atoms. The summed E-state index contributed by atoms with van der Waals surface area (Å²) in [7, 11) is 0. The Morgan fingerprint density at radius 3 is 2.77 bits per heavy atom. The Hall–Kier alpha value is -2.73. The highest BCUT2D eigenvalue weighted by Crippen LogP contribution is 2.59. The highest BCUT2D eigenvalue weighted by atomic mass is 16.7. The van der Waals surface area contributed by atoms with Gasteiger partial charge in [-0.1, -0.05) is 12.1 Å². The van der Waals surface area contributed by atoms with E-state index in [9.17, 15) is 4.79 Å². The first kappa shape index (κ1) is 18.1. The van der Waals surface area contributed by atoms with Gasteiger partial charge in [0.1, 0.15) is 5.75 Å². The molecular weight excluding hydrogens is 380 g/mol. The number of hydrogen-bond donors (Lipinski definition) is 1. The van der Waals surface area contributed by atoms with Crippen LogP contribution < -0.4 is 19.5 Å². The number of piperidine rings is 1. The summed E-state index contributed by atoms with van der Waals surface area (Å²) >= 11 is 0. The van der Waals surface area contributed by atoms with E-state index in [1.165, 1.54) is 11.1 Å². The molecule has 30 heavy (non-hydrogen) atoms. The van der Waals surface area contributed by atoms with Crippen LogP contribution in [0.15, 0.2) is 36.4 Å². The molecule has 1 saturated heterocycles. The zero-order valence-corrected chi connectivity index (χ0v) is 17.0. The monoisotopic (exact) mass is 406 g/mol. The second kappa shape index (κ2) is 6.91. The summed E-state index contributed by atoms with van der Waals surface area (Å²) in [5.74, 6) is 2.75. The van der Waals surface area contributed by atoms with Crippen molar-refractivity contribution in [1.82, 2.24) is 4.90 Å². The van der Waals surface area contributed by atoms with Crippen molar-refractivity contribution in [3.8, 4) is 17.2 Å². The minimum Gasteiger partial charge on any atom is -0.493 e. The molecule has 1 spiro atoms. The number of fused-ring (bicyclic) bond motifs is 2. The number of carbonyl (C=O) groups excluding carboxylic acids is 1. The van der Waals surface area contributed by atoms with Crippen molar-refractivity contribution in [2.24, 2.45) is 11.3 Å². The van der Waals surface area contributed by atoms with E-state index < -0.39 is 0 Å². The molecule has 1 N–H and O–H groups in total. The van der Waals surface area contributed by atoms with Crippen LogP contribution in [0.1, 0.15) is 30.4 Å². The average Bonchev–Trinajstić information content (AvgIpc) is 3.08. The predicted molar refractivity (Wildman–Crippen MR) is 112 cm³/mol. The third-order valence-corrected chi connectivity index (χ3v) is 7.16. The number of nitrogens with zero attached hydrogens (tertiary/aromatic N) is 1. The van der Waals surface area contributed by atoms with Crippen LogP contribution in [0.2, 0.25) is 0 Å². The molecule has 4 aliphatic rings. The first-order valence-corrected chi connectivity index (χ1v) is 10.9. The van der Waals surface area contributed by atoms with E-state index in [4.69, 9.17) is 14.2 Å². The Bertz CT molecular complexity index is 997. The molecule has 0 aromatic heterocycles. The molecule has 6 heteroatoms. The first-order chi connectivity index (χ1) is 14.7. The van der Waals surface area contributed by atoms with E-state index in [1.807, 2.05) is 18.2 Å². The van der Waals surface area contributed by atoms with Gasteiger partial charge in [0.15, 0.2) is 11.5 Å². The summed E-state index contributed by atoms with van der Waals surface area (Å²) in [5.41, 5.74) is 3.68. The zero-order chi connectivity index (χ0) is 20.1. The quantitative estimate of drug-likeness (QED) is 0.841. The molecule has 1 atom stereocenters. The molecule has 1 amide bonds. The first-order valence-electron chi connectivity index (χ1n) is 10.9. The zero-order valence-electron chi connectivity index (χ0n) is 17.0. The minimum atomic E-state index is 0.127. The molecule has 3 aliphatic heterocycles. The topological polar surface area (TPSA) is 60.0 Å². The lowest BCUT2D eigenvalue weighted by Crippen LogP contribution is -2.35. The van der Waals surface area contributed by atoms with Crippen molar-refractivity contribution in [1.29, 1.82) is 0 Å². The summed E-state index contributed by atoms with van der Waals surface area (Å²) < 4.78 is 16.4. The third kappa shape index (κ3) is 3.19. The minimum absolute atomic E-state index is 0.127. The highest BCUT2D eigenvalue weighted by molar-refractivity contribution is 5.95. The summed E-state index contributed by atoms with van der Waals surface area (Å²) in [4.78, 5) is 15.3. The number of benzene rings is 2. The van der Waals surface area contributed by atoms with E-state index in [1.54, 1.807) is 0 Å². The van der Waals surface area contributed by atoms with Gasteiger partial charge in [0.25, 0.3) is 0 Å². The lowest BCUT2D eigenvalue weighted by molar-refractivity contribution is -0.118. The SMILES string of the molecule is O=C(Nc1ccc2c(c1)OCO2)[C@@H]1CC12CCN(Cc1ccc3c(c1)CCO3)CC2. The fraction of sp³-hybridized carbons (Fsp3) is 0.458. The van der Waals surface area contributed by atoms with Gasteiger partial charge in [-0.3, -0.25) is 9.69 Å². The molecule has 156 valence electrons. The number of amides is 1. The van der Waals surface area contributed by atoms with E-state index in [2.05, 4.69) is 28.4 Å². The Balaban J connectivity index is 1.03. The maximum atomic E-state index is 12.8. The van der Waals surface area contributed by atoms with Crippen LogP contribution in [0.5, 0.6) is 17.2 Å². The fourth-order valence-corrected chi connectivity index (χ4v) is 5.23. The van der Waals surface area contributed by atoms with Crippen molar-refractivity contribution < 1.29 is 19.0 Å². The molecular formula is C24H26N2O4. The van der Waals surface area contributed by atoms with Gasteiger partial charge >= 0.3 is 0 Å². The van der Waals surface area contributed by atoms with Gasteiger partial charge in [-0.2, -0.15) is 0 Å². The molecule has 1 saturated carbocycles. The number of ether oxygens (including phenoxy) is 3. The maximum absolute atomic E-state index is 12.8. The number of hydrogen-bond acceptors (Lipinski definition) is 5. The standard InChI is InChI=1S/C24H26N2O4/c27-23(25-18-2-4-21-22(12-18)30-15-29-21)19-13-24(19)6-8-26(9-7-24)14-16-1-3-20-17(11-16)5-10-28-20/h1-4,11-12,19H,5-10,13-15H2,(H,25,27)/t19-/m0/s1. The summed E-state index contributed by atoms with van der Waals surface area (Å²) in [6.07, 6.45) is 4.22. The van der Waals surface area contributed by atoms with E-state index >= 15 is 0 Å². The highest BCUT2D eigenvalue weighted by Gasteiger charge is 2.58. The third-order valence-electron chi connectivity index (χ3n) is 7.16. The number of anilines is 1. The van der Waals surface area contributed by atoms with Crippen molar-refractivity contribution in [3.05, 3.63) is 47.5 Å². The fourth-order valence-electron chi connectivity index (χ4n) is 5.23. The van der Waals surface area contributed by atoms with Crippen LogP contribution >= 0.6 is 0 Å². The molecule has 2 aromatic rings. The Labute approximate surface area is 176 Å². The molecule has 1 aliphatic carbocycles. The number of carbonyl (C=O) groups is 1. The largest absolute Gasteiger partial charge is 0.493 e. The van der Waals surface area contributed by atoms with Gasteiger partial charge < -0.3 is 19.5 Å². The second-order valence-electron chi connectivity index (χ2n) is 8.99. The number of likely N-dealkylation sites (tertiary alicyclic amines) is 1. The van der Waals surface area contributed by atoms with Gasteiger partial charge in [-0.05, 0) is 67.1 Å². The van der Waals surface area contributed by atoms with Crippen LogP contribution in [0.4, 0.5) is 5.69 Å². The second-order valence-corrected chi connectivity index (χ2v) is 8.99. The van der Waals surface area contributed by atoms with Gasteiger partial charge in [-0.15, -0.1) is 0 Å². The normalized spacial score (nSPS) is 23.1. The molecule has 2 fully saturated rings. The molecule has 0 unspecified atom stereocenters. The molecule has 0 radical (unpaired) electrons. The van der Waals surface area contributed by atoms with Crippen LogP contribution in [0, 0.1) is 11.3 Å². The van der Waals surface area contributed by atoms with Crippen LogP contribution in [-0.2, 0) is 17.8 Å². The number of rotatable bonds is 4. The van der Waals surface area contributed by atoms with Gasteiger partial charge in [0.05, 0.1) is 6.61 Å². The van der Waals surface area contributed by atoms with E-state index in [-0.39, 0.29) is 24.0 Å². The van der Waals surface area contributed by atoms with E-state index in [0.717, 1.165) is 69.1 Å². The van der Waals surface area contributed by atoms with Gasteiger partial charge in [0, 0.05) is 30.6 Å². The summed E-state index contributed by atoms with van der Waals surface area (Å²) in [5, 5.41) is 3.08. The van der Waals surface area contributed by atoms with Crippen LogP contribution in [0.3, 0.4) is 0 Å². The van der Waals surface area contributed by atoms with Crippen molar-refractivity contribution in [3.63, 3.8) is 0 Å². The van der Waals surface area contributed by atoms with Crippen molar-refractivity contribution in [2.75, 3.05) is 31.8 Å². The Kier molecular flexibility index (Phi) is 4.16. The van der Waals surface area contributed by atoms with Crippen molar-refractivity contribution >= 4 is 11.6 Å². The predicted octanol–water partition coefficient (Wildman–Crippen LogP) is 3.59. The number of nitrogens with one attached hydrogen (secondary N) is 1. The lowest BCUT2D eigenvalue weighted by Gasteiger charge is -2.33. The van der Waals surface area contributed by atoms with Crippen LogP contribution in [0.25, 0.3) is 0 Å². The Morgan fingerprint density at radius 1 is 1.03 bits per heavy atom. The van der Waals surface area contributed by atoms with Crippen molar-refractivity contribution in [2.45, 2.75) is 32.2 Å². The van der Waals surface area contributed by atoms with Gasteiger partial charge in [0.2, 0.25) is 12.7 Å². The summed E-state index contributed by atoms with van der Waals surface area (Å²) in [6, 6.07) is 12.2. The molecule has 6 nitrogen and oxygen atoms in total. The van der Waals surface area contributed by atoms with Gasteiger partial charge in [-0.25, -0.2) is 0 Å².